The van der Waals surface area contributed by atoms with E-state index >= 15 is 0 Å². The van der Waals surface area contributed by atoms with E-state index in [4.69, 9.17) is 0 Å². The molecule has 3 rings (SSSR count). The molecule has 1 aromatic carbocycles. The summed E-state index contributed by atoms with van der Waals surface area (Å²) in [5, 5.41) is 4.93. The van der Waals surface area contributed by atoms with E-state index in [-0.39, 0.29) is 23.4 Å². The second-order valence-corrected chi connectivity index (χ2v) is 10.8. The molecule has 1 aromatic heterocycles. The number of thiophene rings is 1. The Bertz CT molecular complexity index is 925. The van der Waals surface area contributed by atoms with Crippen LogP contribution in [0.25, 0.3) is 0 Å². The first-order valence-corrected chi connectivity index (χ1v) is 12.4. The number of likely N-dealkylation sites (N-methyl/N-ethyl adjacent to an activating group) is 1. The summed E-state index contributed by atoms with van der Waals surface area (Å²) in [6.07, 6.45) is 2.27. The van der Waals surface area contributed by atoms with Crippen LogP contribution in [0.5, 0.6) is 0 Å². The van der Waals surface area contributed by atoms with Crippen molar-refractivity contribution < 1.29 is 17.6 Å². The Balaban J connectivity index is 1.60. The van der Waals surface area contributed by atoms with E-state index in [0.717, 1.165) is 42.4 Å². The number of hydrogen-bond donors (Lipinski definition) is 1. The predicted octanol–water partition coefficient (Wildman–Crippen LogP) is 3.10. The van der Waals surface area contributed by atoms with Gasteiger partial charge in [0.15, 0.2) is 0 Å². The van der Waals surface area contributed by atoms with E-state index in [2.05, 4.69) is 23.2 Å². The number of carbonyl (C=O) groups is 1. The second kappa shape index (κ2) is 10.00. The minimum atomic E-state index is -3.86. The van der Waals surface area contributed by atoms with E-state index in [0.29, 0.717) is 12.5 Å². The fourth-order valence-corrected chi connectivity index (χ4v) is 5.56. The van der Waals surface area contributed by atoms with Crippen molar-refractivity contribution >= 4 is 27.3 Å². The predicted molar refractivity (Wildman–Crippen MR) is 116 cm³/mol. The molecule has 1 amide bonds. The van der Waals surface area contributed by atoms with Crippen LogP contribution >= 0.6 is 11.3 Å². The zero-order chi connectivity index (χ0) is 21.7. The Hall–Kier alpha value is -1.81. The smallest absolute Gasteiger partial charge is 0.243 e. The maximum atomic E-state index is 13.1. The zero-order valence-electron chi connectivity index (χ0n) is 17.3. The monoisotopic (exact) mass is 453 g/mol. The first-order chi connectivity index (χ1) is 14.3. The molecule has 1 atom stereocenters. The average Bonchev–Trinajstić information content (AvgIpc) is 3.24. The third-order valence-electron chi connectivity index (χ3n) is 5.51. The van der Waals surface area contributed by atoms with E-state index in [9.17, 15) is 17.6 Å². The van der Waals surface area contributed by atoms with Gasteiger partial charge in [0, 0.05) is 18.5 Å². The largest absolute Gasteiger partial charge is 0.353 e. The molecule has 9 heteroatoms. The van der Waals surface area contributed by atoms with Crippen molar-refractivity contribution in [2.24, 2.45) is 5.92 Å². The van der Waals surface area contributed by atoms with Gasteiger partial charge in [-0.1, -0.05) is 13.0 Å². The molecule has 1 aliphatic rings. The van der Waals surface area contributed by atoms with Crippen LogP contribution in [0.1, 0.15) is 30.7 Å². The highest BCUT2D eigenvalue weighted by atomic mass is 32.2. The summed E-state index contributed by atoms with van der Waals surface area (Å²) in [4.78, 5) is 16.0. The average molecular weight is 454 g/mol. The van der Waals surface area contributed by atoms with Gasteiger partial charge in [-0.15, -0.1) is 11.3 Å². The van der Waals surface area contributed by atoms with Gasteiger partial charge in [0.2, 0.25) is 15.9 Å². The van der Waals surface area contributed by atoms with Gasteiger partial charge in [-0.3, -0.25) is 9.69 Å². The van der Waals surface area contributed by atoms with Crippen molar-refractivity contribution in [1.82, 2.24) is 14.5 Å². The minimum Gasteiger partial charge on any atom is -0.353 e. The number of halogens is 1. The van der Waals surface area contributed by atoms with Gasteiger partial charge in [0.05, 0.1) is 17.5 Å². The molecule has 0 radical (unpaired) electrons. The number of hydrogen-bond acceptors (Lipinski definition) is 5. The molecule has 0 saturated carbocycles. The molecule has 1 N–H and O–H groups in total. The van der Waals surface area contributed by atoms with E-state index in [1.165, 1.54) is 24.1 Å². The number of nitrogens with zero attached hydrogens (tertiary/aromatic N) is 2. The first-order valence-electron chi connectivity index (χ1n) is 10.0. The van der Waals surface area contributed by atoms with Crippen molar-refractivity contribution in [1.29, 1.82) is 0 Å². The summed E-state index contributed by atoms with van der Waals surface area (Å²) in [6.45, 7) is 4.36. The van der Waals surface area contributed by atoms with Gasteiger partial charge < -0.3 is 5.32 Å². The number of piperidine rings is 1. The molecule has 2 aromatic rings. The number of amides is 1. The van der Waals surface area contributed by atoms with Crippen LogP contribution in [0.15, 0.2) is 46.7 Å². The quantitative estimate of drug-likeness (QED) is 0.667. The summed E-state index contributed by atoms with van der Waals surface area (Å²) in [7, 11) is -2.51. The number of sulfonamides is 1. The summed E-state index contributed by atoms with van der Waals surface area (Å²) in [5.74, 6) is -0.165. The fraction of sp³-hybridized carbons (Fsp3) is 0.476. The SMILES string of the molecule is CC1CCN(C(CNC(=O)CN(C)S(=O)(=O)c2ccc(F)cc2)c2cccs2)CC1. The first kappa shape index (κ1) is 22.9. The molecule has 0 spiro atoms. The molecule has 1 unspecified atom stereocenters. The van der Waals surface area contributed by atoms with Crippen LogP contribution in [-0.2, 0) is 14.8 Å². The van der Waals surface area contributed by atoms with E-state index in [1.54, 1.807) is 11.3 Å². The molecule has 30 heavy (non-hydrogen) atoms. The molecule has 1 aliphatic heterocycles. The summed E-state index contributed by atoms with van der Waals surface area (Å²) in [6, 6.07) is 8.74. The minimum absolute atomic E-state index is 0.0434. The number of rotatable bonds is 8. The molecule has 6 nitrogen and oxygen atoms in total. The normalized spacial score (nSPS) is 17.2. The maximum absolute atomic E-state index is 13.1. The zero-order valence-corrected chi connectivity index (χ0v) is 18.9. The molecule has 164 valence electrons. The lowest BCUT2D eigenvalue weighted by Gasteiger charge is -2.36. The summed E-state index contributed by atoms with van der Waals surface area (Å²) in [5.41, 5.74) is 0. The fourth-order valence-electron chi connectivity index (χ4n) is 3.57. The third kappa shape index (κ3) is 5.66. The van der Waals surface area contributed by atoms with Gasteiger partial charge in [0.1, 0.15) is 5.82 Å². The van der Waals surface area contributed by atoms with Gasteiger partial charge in [-0.25, -0.2) is 12.8 Å². The summed E-state index contributed by atoms with van der Waals surface area (Å²) < 4.78 is 39.3. The molecule has 1 saturated heterocycles. The van der Waals surface area contributed by atoms with E-state index < -0.39 is 15.8 Å². The van der Waals surface area contributed by atoms with Crippen molar-refractivity contribution in [2.75, 3.05) is 33.2 Å². The van der Waals surface area contributed by atoms with Crippen molar-refractivity contribution in [2.45, 2.75) is 30.7 Å². The van der Waals surface area contributed by atoms with Crippen LogP contribution in [0.2, 0.25) is 0 Å². The number of benzene rings is 1. The van der Waals surface area contributed by atoms with Gasteiger partial charge in [-0.2, -0.15) is 4.31 Å². The molecule has 0 aliphatic carbocycles. The van der Waals surface area contributed by atoms with Crippen molar-refractivity contribution in [3.05, 3.63) is 52.5 Å². The maximum Gasteiger partial charge on any atom is 0.243 e. The highest BCUT2D eigenvalue weighted by Crippen LogP contribution is 2.29. The van der Waals surface area contributed by atoms with Crippen LogP contribution in [-0.4, -0.2) is 56.8 Å². The lowest BCUT2D eigenvalue weighted by molar-refractivity contribution is -0.121. The summed E-state index contributed by atoms with van der Waals surface area (Å²) >= 11 is 1.66. The Morgan fingerprint density at radius 2 is 1.93 bits per heavy atom. The van der Waals surface area contributed by atoms with Gasteiger partial charge in [-0.05, 0) is 67.6 Å². The topological polar surface area (TPSA) is 69.7 Å². The molecule has 0 bridgehead atoms. The van der Waals surface area contributed by atoms with Crippen LogP contribution in [0.4, 0.5) is 4.39 Å². The molecular weight excluding hydrogens is 425 g/mol. The van der Waals surface area contributed by atoms with Crippen molar-refractivity contribution in [3.63, 3.8) is 0 Å². The molecular formula is C21H28FN3O3S2. The molecule has 1 fully saturated rings. The number of nitrogens with one attached hydrogen (secondary N) is 1. The highest BCUT2D eigenvalue weighted by Gasteiger charge is 2.27. The van der Waals surface area contributed by atoms with Crippen LogP contribution in [0.3, 0.4) is 0 Å². The Morgan fingerprint density at radius 1 is 1.27 bits per heavy atom. The number of carbonyl (C=O) groups excluding carboxylic acids is 1. The number of likely N-dealkylation sites (tertiary alicyclic amines) is 1. The lowest BCUT2D eigenvalue weighted by Crippen LogP contribution is -2.44. The highest BCUT2D eigenvalue weighted by molar-refractivity contribution is 7.89. The lowest BCUT2D eigenvalue weighted by atomic mass is 9.97. The third-order valence-corrected chi connectivity index (χ3v) is 8.30. The van der Waals surface area contributed by atoms with Crippen molar-refractivity contribution in [3.8, 4) is 0 Å². The Kier molecular flexibility index (Phi) is 7.62. The Labute approximate surface area is 181 Å². The second-order valence-electron chi connectivity index (χ2n) is 7.77. The standard InChI is InChI=1S/C21H28FN3O3S2/c1-16-9-11-25(12-10-16)19(20-4-3-13-29-20)14-23-21(26)15-24(2)30(27,28)18-7-5-17(22)6-8-18/h3-8,13,16,19H,9-12,14-15H2,1-2H3,(H,23,26). The molecule has 2 heterocycles. The van der Waals surface area contributed by atoms with Crippen LogP contribution in [0, 0.1) is 11.7 Å². The Morgan fingerprint density at radius 3 is 2.53 bits per heavy atom. The van der Waals surface area contributed by atoms with Gasteiger partial charge >= 0.3 is 0 Å². The van der Waals surface area contributed by atoms with Crippen LogP contribution < -0.4 is 5.32 Å². The van der Waals surface area contributed by atoms with Gasteiger partial charge in [0.25, 0.3) is 0 Å². The van der Waals surface area contributed by atoms with E-state index in [1.807, 2.05) is 11.4 Å².